The summed E-state index contributed by atoms with van der Waals surface area (Å²) in [4.78, 5) is 12.4. The second-order valence-corrected chi connectivity index (χ2v) is 6.14. The van der Waals surface area contributed by atoms with Gasteiger partial charge >= 0.3 is 6.18 Å². The number of terminal acetylenes is 1. The molecule has 0 saturated carbocycles. The van der Waals surface area contributed by atoms with Crippen molar-refractivity contribution in [2.75, 3.05) is 13.7 Å². The van der Waals surface area contributed by atoms with Crippen molar-refractivity contribution >= 4 is 5.91 Å². The molecule has 0 saturated heterocycles. The molecule has 1 aliphatic rings. The van der Waals surface area contributed by atoms with Gasteiger partial charge in [0.2, 0.25) is 5.88 Å². The quantitative estimate of drug-likeness (QED) is 0.677. The first-order valence-electron chi connectivity index (χ1n) is 8.49. The third-order valence-corrected chi connectivity index (χ3v) is 4.20. The van der Waals surface area contributed by atoms with Gasteiger partial charge in [0, 0.05) is 31.9 Å². The van der Waals surface area contributed by atoms with Gasteiger partial charge in [-0.3, -0.25) is 4.79 Å². The first kappa shape index (κ1) is 20.2. The summed E-state index contributed by atoms with van der Waals surface area (Å²) in [6, 6.07) is 2.59. The van der Waals surface area contributed by atoms with Gasteiger partial charge in [-0.05, 0) is 6.07 Å². The summed E-state index contributed by atoms with van der Waals surface area (Å²) in [5.74, 6) is 1.48. The van der Waals surface area contributed by atoms with Crippen LogP contribution >= 0.6 is 0 Å². The standard InChI is InChI=1S/C17H16F3N7O2/c1-3-4-7-16(25-26-16)8-9-21-15(28)11-10-22-27(14(11)17(18,19)20)12-5-6-13(29-2)24-23-12/h1,5-6,10H,4,7-9H2,2H3,(H,21,28). The molecule has 152 valence electrons. The second kappa shape index (κ2) is 7.86. The number of nitrogens with one attached hydrogen (secondary N) is 1. The van der Waals surface area contributed by atoms with Crippen LogP contribution < -0.4 is 10.1 Å². The molecule has 1 aliphatic heterocycles. The molecule has 0 radical (unpaired) electrons. The van der Waals surface area contributed by atoms with Crippen molar-refractivity contribution in [1.29, 1.82) is 0 Å². The molecule has 1 amide bonds. The number of ether oxygens (including phenoxy) is 1. The zero-order valence-corrected chi connectivity index (χ0v) is 15.3. The Morgan fingerprint density at radius 3 is 2.62 bits per heavy atom. The maximum absolute atomic E-state index is 13.6. The van der Waals surface area contributed by atoms with Crippen molar-refractivity contribution in [3.63, 3.8) is 0 Å². The minimum Gasteiger partial charge on any atom is -0.480 e. The van der Waals surface area contributed by atoms with Gasteiger partial charge in [0.15, 0.2) is 17.2 Å². The molecule has 9 nitrogen and oxygen atoms in total. The number of nitrogens with zero attached hydrogens (tertiary/aromatic N) is 6. The first-order valence-corrected chi connectivity index (χ1v) is 8.49. The molecule has 2 aromatic heterocycles. The van der Waals surface area contributed by atoms with Crippen LogP contribution in [0.3, 0.4) is 0 Å². The van der Waals surface area contributed by atoms with Gasteiger partial charge in [-0.2, -0.15) is 28.5 Å². The Kier molecular flexibility index (Phi) is 5.49. The molecule has 0 spiro atoms. The van der Waals surface area contributed by atoms with Crippen LogP contribution in [-0.4, -0.2) is 45.2 Å². The van der Waals surface area contributed by atoms with Gasteiger partial charge in [0.05, 0.1) is 18.9 Å². The van der Waals surface area contributed by atoms with E-state index in [4.69, 9.17) is 11.2 Å². The molecule has 0 fully saturated rings. The summed E-state index contributed by atoms with van der Waals surface area (Å²) in [5, 5.41) is 21.2. The highest BCUT2D eigenvalue weighted by Crippen LogP contribution is 2.36. The molecule has 0 aliphatic carbocycles. The SMILES string of the molecule is C#CCCC1(CCNC(=O)c2cnn(-c3ccc(OC)nn3)c2C(F)(F)F)N=N1. The van der Waals surface area contributed by atoms with E-state index in [1.54, 1.807) is 0 Å². The van der Waals surface area contributed by atoms with E-state index < -0.39 is 29.0 Å². The molecule has 0 bridgehead atoms. The van der Waals surface area contributed by atoms with Gasteiger partial charge in [-0.15, -0.1) is 22.5 Å². The molecule has 0 atom stereocenters. The smallest absolute Gasteiger partial charge is 0.434 e. The van der Waals surface area contributed by atoms with Crippen molar-refractivity contribution in [1.82, 2.24) is 25.3 Å². The Balaban J connectivity index is 1.75. The molecular formula is C17H16F3N7O2. The lowest BCUT2D eigenvalue weighted by atomic mass is 10.0. The number of hydrogen-bond donors (Lipinski definition) is 1. The molecule has 0 unspecified atom stereocenters. The fraction of sp³-hybridized carbons (Fsp3) is 0.412. The maximum Gasteiger partial charge on any atom is 0.434 e. The highest BCUT2D eigenvalue weighted by molar-refractivity contribution is 5.95. The second-order valence-electron chi connectivity index (χ2n) is 6.14. The van der Waals surface area contributed by atoms with E-state index >= 15 is 0 Å². The molecule has 0 aromatic carbocycles. The number of carbonyl (C=O) groups is 1. The highest BCUT2D eigenvalue weighted by Gasteiger charge is 2.42. The summed E-state index contributed by atoms with van der Waals surface area (Å²) >= 11 is 0. The van der Waals surface area contributed by atoms with Gasteiger partial charge in [-0.1, -0.05) is 0 Å². The van der Waals surface area contributed by atoms with E-state index in [9.17, 15) is 18.0 Å². The number of aromatic nitrogens is 4. The molecule has 3 rings (SSSR count). The van der Waals surface area contributed by atoms with Crippen LogP contribution in [0.2, 0.25) is 0 Å². The van der Waals surface area contributed by atoms with Crippen molar-refractivity contribution < 1.29 is 22.7 Å². The Labute approximate surface area is 163 Å². The number of halogens is 3. The van der Waals surface area contributed by atoms with E-state index in [2.05, 4.69) is 36.8 Å². The van der Waals surface area contributed by atoms with Crippen LogP contribution in [0.4, 0.5) is 13.2 Å². The van der Waals surface area contributed by atoms with Gasteiger partial charge in [0.1, 0.15) is 0 Å². The van der Waals surface area contributed by atoms with Gasteiger partial charge in [-0.25, -0.2) is 4.68 Å². The Bertz CT molecular complexity index is 955. The van der Waals surface area contributed by atoms with Gasteiger partial charge in [0.25, 0.3) is 5.91 Å². The number of amides is 1. The summed E-state index contributed by atoms with van der Waals surface area (Å²) in [6.07, 6.45) is 2.54. The largest absolute Gasteiger partial charge is 0.480 e. The molecule has 2 aromatic rings. The molecular weight excluding hydrogens is 391 g/mol. The zero-order valence-electron chi connectivity index (χ0n) is 15.3. The number of hydrogen-bond acceptors (Lipinski definition) is 7. The summed E-state index contributed by atoms with van der Waals surface area (Å²) < 4.78 is 46.2. The molecule has 3 heterocycles. The van der Waals surface area contributed by atoms with E-state index in [1.165, 1.54) is 19.2 Å². The first-order chi connectivity index (χ1) is 13.8. The monoisotopic (exact) mass is 407 g/mol. The van der Waals surface area contributed by atoms with Gasteiger partial charge < -0.3 is 10.1 Å². The number of carbonyl (C=O) groups excluding carboxylic acids is 1. The maximum atomic E-state index is 13.6. The lowest BCUT2D eigenvalue weighted by Gasteiger charge is -2.13. The summed E-state index contributed by atoms with van der Waals surface area (Å²) in [7, 11) is 1.35. The normalized spacial score (nSPS) is 14.3. The van der Waals surface area contributed by atoms with Crippen molar-refractivity contribution in [3.8, 4) is 24.0 Å². The van der Waals surface area contributed by atoms with Crippen LogP contribution in [-0.2, 0) is 6.18 Å². The third-order valence-electron chi connectivity index (χ3n) is 4.20. The lowest BCUT2D eigenvalue weighted by Crippen LogP contribution is -2.30. The third kappa shape index (κ3) is 4.50. The number of alkyl halides is 3. The highest BCUT2D eigenvalue weighted by atomic mass is 19.4. The predicted molar refractivity (Wildman–Crippen MR) is 93.3 cm³/mol. The van der Waals surface area contributed by atoms with Crippen LogP contribution in [0.25, 0.3) is 5.82 Å². The predicted octanol–water partition coefficient (Wildman–Crippen LogP) is 2.39. The Hall–Kier alpha value is -3.49. The van der Waals surface area contributed by atoms with Crippen LogP contribution in [0.1, 0.15) is 35.3 Å². The van der Waals surface area contributed by atoms with Crippen molar-refractivity contribution in [2.24, 2.45) is 10.2 Å². The van der Waals surface area contributed by atoms with Crippen LogP contribution in [0.5, 0.6) is 5.88 Å². The van der Waals surface area contributed by atoms with Crippen molar-refractivity contribution in [2.45, 2.75) is 31.1 Å². The summed E-state index contributed by atoms with van der Waals surface area (Å²) in [5.41, 5.74) is -2.52. The fourth-order valence-corrected chi connectivity index (χ4v) is 2.64. The van der Waals surface area contributed by atoms with Crippen molar-refractivity contribution in [3.05, 3.63) is 29.6 Å². The minimum atomic E-state index is -4.85. The van der Waals surface area contributed by atoms with E-state index in [1.807, 2.05) is 0 Å². The number of methoxy groups -OCH3 is 1. The van der Waals surface area contributed by atoms with Crippen LogP contribution in [0, 0.1) is 12.3 Å². The van der Waals surface area contributed by atoms with E-state index in [0.29, 0.717) is 23.9 Å². The van der Waals surface area contributed by atoms with E-state index in [0.717, 1.165) is 6.20 Å². The van der Waals surface area contributed by atoms with Crippen LogP contribution in [0.15, 0.2) is 28.6 Å². The van der Waals surface area contributed by atoms with E-state index in [-0.39, 0.29) is 18.2 Å². The average molecular weight is 407 g/mol. The summed E-state index contributed by atoms with van der Waals surface area (Å²) in [6.45, 7) is 0.0845. The average Bonchev–Trinajstić information content (AvgIpc) is 3.30. The lowest BCUT2D eigenvalue weighted by molar-refractivity contribution is -0.143. The minimum absolute atomic E-state index is 0.0845. The molecule has 12 heteroatoms. The molecule has 1 N–H and O–H groups in total. The fourth-order valence-electron chi connectivity index (χ4n) is 2.64. The zero-order chi connectivity index (χ0) is 21.1. The Morgan fingerprint density at radius 1 is 1.31 bits per heavy atom. The number of rotatable bonds is 8. The topological polar surface area (TPSA) is 107 Å². The Morgan fingerprint density at radius 2 is 2.07 bits per heavy atom. The molecule has 29 heavy (non-hydrogen) atoms.